The van der Waals surface area contributed by atoms with Crippen molar-refractivity contribution in [3.63, 3.8) is 0 Å². The first-order valence-electron chi connectivity index (χ1n) is 8.49. The monoisotopic (exact) mass is 374 g/mol. The van der Waals surface area contributed by atoms with E-state index in [1.807, 2.05) is 13.8 Å². The van der Waals surface area contributed by atoms with Crippen molar-refractivity contribution in [2.75, 3.05) is 13.7 Å². The van der Waals surface area contributed by atoms with Crippen molar-refractivity contribution >= 4 is 17.4 Å². The van der Waals surface area contributed by atoms with Gasteiger partial charge in [-0.2, -0.15) is 0 Å². The normalized spacial score (nSPS) is 10.5. The van der Waals surface area contributed by atoms with Gasteiger partial charge in [0.25, 0.3) is 0 Å². The van der Waals surface area contributed by atoms with Crippen LogP contribution in [0.3, 0.4) is 0 Å². The number of aromatic nitrogens is 1. The Morgan fingerprint density at radius 1 is 1.22 bits per heavy atom. The van der Waals surface area contributed by atoms with Gasteiger partial charge in [-0.05, 0) is 38.5 Å². The number of aryl methyl sites for hydroxylation is 1. The van der Waals surface area contributed by atoms with E-state index in [0.717, 1.165) is 30.4 Å². The quantitative estimate of drug-likeness (QED) is 0.303. The number of nitro benzene ring substituents is 1. The maximum Gasteiger partial charge on any atom is 0.338 e. The molecular formula is C19H22N2O6. The molecule has 1 aromatic heterocycles. The lowest BCUT2D eigenvalue weighted by atomic mass is 10.1. The standard InChI is InChI=1S/C19H22N2O6/c1-5-8-20-12(2)9-15(13(20)3)17(22)11-27-18-7-6-14(19(23)26-4)10-16(18)21(24)25/h6-7,9-10H,5,8,11H2,1-4H3. The second-order valence-corrected chi connectivity index (χ2v) is 6.08. The molecule has 8 nitrogen and oxygen atoms in total. The Kier molecular flexibility index (Phi) is 6.33. The molecular weight excluding hydrogens is 352 g/mol. The zero-order valence-electron chi connectivity index (χ0n) is 15.8. The lowest BCUT2D eigenvalue weighted by molar-refractivity contribution is -0.385. The van der Waals surface area contributed by atoms with Crippen molar-refractivity contribution < 1.29 is 24.0 Å². The van der Waals surface area contributed by atoms with E-state index in [2.05, 4.69) is 16.2 Å². The van der Waals surface area contributed by atoms with Crippen LogP contribution in [0.2, 0.25) is 0 Å². The van der Waals surface area contributed by atoms with Gasteiger partial charge in [-0.25, -0.2) is 4.79 Å². The number of benzene rings is 1. The molecule has 8 heteroatoms. The van der Waals surface area contributed by atoms with Gasteiger partial charge in [-0.3, -0.25) is 14.9 Å². The van der Waals surface area contributed by atoms with Crippen molar-refractivity contribution in [3.8, 4) is 5.75 Å². The highest BCUT2D eigenvalue weighted by atomic mass is 16.6. The molecule has 144 valence electrons. The molecule has 27 heavy (non-hydrogen) atoms. The van der Waals surface area contributed by atoms with Gasteiger partial charge in [-0.1, -0.05) is 6.92 Å². The molecule has 0 radical (unpaired) electrons. The third-order valence-corrected chi connectivity index (χ3v) is 4.26. The van der Waals surface area contributed by atoms with Crippen LogP contribution in [-0.4, -0.2) is 35.0 Å². The molecule has 0 amide bonds. The molecule has 1 heterocycles. The molecule has 0 aliphatic rings. The highest BCUT2D eigenvalue weighted by Gasteiger charge is 2.21. The predicted octanol–water partition coefficient (Wildman–Crippen LogP) is 3.47. The number of methoxy groups -OCH3 is 1. The zero-order chi connectivity index (χ0) is 20.1. The zero-order valence-corrected chi connectivity index (χ0v) is 15.8. The number of nitro groups is 1. The van der Waals surface area contributed by atoms with Crippen LogP contribution in [-0.2, 0) is 11.3 Å². The van der Waals surface area contributed by atoms with Crippen molar-refractivity contribution in [2.45, 2.75) is 33.7 Å². The topological polar surface area (TPSA) is 101 Å². The number of nitrogens with zero attached hydrogens (tertiary/aromatic N) is 2. The Labute approximate surface area is 156 Å². The lowest BCUT2D eigenvalue weighted by Gasteiger charge is -2.09. The van der Waals surface area contributed by atoms with Gasteiger partial charge in [0.2, 0.25) is 5.78 Å². The number of carbonyl (C=O) groups is 2. The number of ether oxygens (including phenoxy) is 2. The number of esters is 1. The molecule has 0 spiro atoms. The van der Waals surface area contributed by atoms with E-state index in [4.69, 9.17) is 4.74 Å². The van der Waals surface area contributed by atoms with Crippen molar-refractivity contribution in [2.24, 2.45) is 0 Å². The smallest absolute Gasteiger partial charge is 0.338 e. The molecule has 1 aromatic carbocycles. The fraction of sp³-hybridized carbons (Fsp3) is 0.368. The van der Waals surface area contributed by atoms with E-state index in [1.54, 1.807) is 6.07 Å². The fourth-order valence-electron chi connectivity index (χ4n) is 2.90. The van der Waals surface area contributed by atoms with E-state index in [1.165, 1.54) is 19.2 Å². The molecule has 0 aliphatic heterocycles. The van der Waals surface area contributed by atoms with Crippen molar-refractivity contribution in [1.82, 2.24) is 4.57 Å². The second kappa shape index (κ2) is 8.48. The lowest BCUT2D eigenvalue weighted by Crippen LogP contribution is -2.14. The van der Waals surface area contributed by atoms with Crippen LogP contribution < -0.4 is 4.74 Å². The summed E-state index contributed by atoms with van der Waals surface area (Å²) in [7, 11) is 1.19. The molecule has 0 aliphatic carbocycles. The first kappa shape index (κ1) is 20.2. The first-order chi connectivity index (χ1) is 12.8. The van der Waals surface area contributed by atoms with E-state index in [9.17, 15) is 19.7 Å². The third kappa shape index (κ3) is 4.33. The van der Waals surface area contributed by atoms with Crippen LogP contribution in [0.5, 0.6) is 5.75 Å². The van der Waals surface area contributed by atoms with Gasteiger partial charge in [0, 0.05) is 29.6 Å². The number of hydrogen-bond donors (Lipinski definition) is 0. The molecule has 0 atom stereocenters. The molecule has 0 saturated carbocycles. The Bertz CT molecular complexity index is 885. The summed E-state index contributed by atoms with van der Waals surface area (Å²) in [6.07, 6.45) is 0.944. The SMILES string of the molecule is CCCn1c(C)cc(C(=O)COc2ccc(C(=O)OC)cc2[N+](=O)[O-])c1C. The van der Waals surface area contributed by atoms with Gasteiger partial charge in [0.15, 0.2) is 12.4 Å². The van der Waals surface area contributed by atoms with Crippen LogP contribution >= 0.6 is 0 Å². The van der Waals surface area contributed by atoms with E-state index < -0.39 is 16.6 Å². The summed E-state index contributed by atoms with van der Waals surface area (Å²) in [5.74, 6) is -1.04. The van der Waals surface area contributed by atoms with Gasteiger partial charge in [0.05, 0.1) is 17.6 Å². The highest BCUT2D eigenvalue weighted by molar-refractivity contribution is 5.98. The summed E-state index contributed by atoms with van der Waals surface area (Å²) in [6.45, 7) is 6.32. The van der Waals surface area contributed by atoms with E-state index in [-0.39, 0.29) is 23.7 Å². The summed E-state index contributed by atoms with van der Waals surface area (Å²) in [5, 5.41) is 11.3. The highest BCUT2D eigenvalue weighted by Crippen LogP contribution is 2.28. The van der Waals surface area contributed by atoms with Crippen LogP contribution in [0.1, 0.15) is 45.4 Å². The Morgan fingerprint density at radius 2 is 1.93 bits per heavy atom. The summed E-state index contributed by atoms with van der Waals surface area (Å²) in [6, 6.07) is 5.51. The van der Waals surface area contributed by atoms with Crippen LogP contribution in [0.25, 0.3) is 0 Å². The van der Waals surface area contributed by atoms with Crippen LogP contribution in [0.15, 0.2) is 24.3 Å². The van der Waals surface area contributed by atoms with Crippen molar-refractivity contribution in [1.29, 1.82) is 0 Å². The average molecular weight is 374 g/mol. The average Bonchev–Trinajstić information content (AvgIpc) is 2.93. The molecule has 2 aromatic rings. The minimum absolute atomic E-state index is 0.0333. The van der Waals surface area contributed by atoms with Crippen LogP contribution in [0.4, 0.5) is 5.69 Å². The largest absolute Gasteiger partial charge is 0.478 e. The Hall–Kier alpha value is -3.16. The van der Waals surface area contributed by atoms with E-state index >= 15 is 0 Å². The Morgan fingerprint density at radius 3 is 2.52 bits per heavy atom. The van der Waals surface area contributed by atoms with Crippen molar-refractivity contribution in [3.05, 3.63) is 56.9 Å². The molecule has 0 bridgehead atoms. The molecule has 0 unspecified atom stereocenters. The van der Waals surface area contributed by atoms with Gasteiger partial charge in [0.1, 0.15) is 0 Å². The summed E-state index contributed by atoms with van der Waals surface area (Å²) >= 11 is 0. The number of rotatable bonds is 8. The minimum atomic E-state index is -0.691. The number of carbonyl (C=O) groups excluding carboxylic acids is 2. The summed E-state index contributed by atoms with van der Waals surface area (Å²) in [4.78, 5) is 34.7. The third-order valence-electron chi connectivity index (χ3n) is 4.26. The molecule has 0 N–H and O–H groups in total. The number of ketones is 1. The summed E-state index contributed by atoms with van der Waals surface area (Å²) in [5.41, 5.74) is 1.99. The molecule has 0 saturated heterocycles. The van der Waals surface area contributed by atoms with Gasteiger partial charge in [-0.15, -0.1) is 0 Å². The number of hydrogen-bond acceptors (Lipinski definition) is 6. The van der Waals surface area contributed by atoms with E-state index in [0.29, 0.717) is 5.56 Å². The minimum Gasteiger partial charge on any atom is -0.478 e. The van der Waals surface area contributed by atoms with Gasteiger partial charge < -0.3 is 14.0 Å². The summed E-state index contributed by atoms with van der Waals surface area (Å²) < 4.78 is 12.0. The Balaban J connectivity index is 2.21. The predicted molar refractivity (Wildman–Crippen MR) is 98.5 cm³/mol. The second-order valence-electron chi connectivity index (χ2n) is 6.08. The maximum atomic E-state index is 12.5. The fourth-order valence-corrected chi connectivity index (χ4v) is 2.90. The first-order valence-corrected chi connectivity index (χ1v) is 8.49. The molecule has 0 fully saturated rings. The molecule has 2 rings (SSSR count). The number of Topliss-reactive ketones (excluding diaryl/α,β-unsaturated/α-hetero) is 1. The maximum absolute atomic E-state index is 12.5. The van der Waals surface area contributed by atoms with Crippen LogP contribution in [0, 0.1) is 24.0 Å². The van der Waals surface area contributed by atoms with Gasteiger partial charge >= 0.3 is 11.7 Å².